The number of hydrogen-bond donors (Lipinski definition) is 3. The highest BCUT2D eigenvalue weighted by Crippen LogP contribution is 2.35. The Morgan fingerprint density at radius 1 is 1.38 bits per heavy atom. The summed E-state index contributed by atoms with van der Waals surface area (Å²) in [5.74, 6) is 0.858. The largest absolute Gasteiger partial charge is 0.348 e. The monoisotopic (exact) mass is 240 g/mol. The summed E-state index contributed by atoms with van der Waals surface area (Å²) in [5, 5.41) is 0. The Morgan fingerprint density at radius 3 is 2.94 bits per heavy atom. The van der Waals surface area contributed by atoms with Gasteiger partial charge in [0.2, 0.25) is 0 Å². The predicted octanol–water partition coefficient (Wildman–Crippen LogP) is 0.587. The molecule has 0 bridgehead atoms. The summed E-state index contributed by atoms with van der Waals surface area (Å²) in [4.78, 5) is 32.0. The van der Waals surface area contributed by atoms with Gasteiger partial charge in [0.15, 0.2) is 5.65 Å². The molecule has 2 aromatic rings. The van der Waals surface area contributed by atoms with Gasteiger partial charge in [0.25, 0.3) is 0 Å². The lowest BCUT2D eigenvalue weighted by atomic mass is 10.3. The average Bonchev–Trinajstić information content (AvgIpc) is 2.64. The Hall–Kier alpha value is -1.56. The standard InChI is InChI=1S/C8H9N4O3P/c13-16(14,15)3-1-2-6-7-8(11-4-9-6)12-5-10-7/h1,3-5H,2H2,(H2,13,14,15)(H,9,10,11,12). The van der Waals surface area contributed by atoms with Crippen LogP contribution in [0.15, 0.2) is 24.5 Å². The summed E-state index contributed by atoms with van der Waals surface area (Å²) >= 11 is 0. The molecule has 0 saturated heterocycles. The number of rotatable bonds is 3. The quantitative estimate of drug-likeness (QED) is 0.677. The van der Waals surface area contributed by atoms with E-state index in [0.29, 0.717) is 23.3 Å². The summed E-state index contributed by atoms with van der Waals surface area (Å²) in [6, 6.07) is 0. The molecule has 0 aliphatic carbocycles. The van der Waals surface area contributed by atoms with Crippen molar-refractivity contribution >= 4 is 18.8 Å². The van der Waals surface area contributed by atoms with E-state index in [-0.39, 0.29) is 0 Å². The third kappa shape index (κ3) is 2.52. The van der Waals surface area contributed by atoms with Crippen molar-refractivity contribution in [1.29, 1.82) is 0 Å². The molecule has 84 valence electrons. The van der Waals surface area contributed by atoms with Crippen LogP contribution in [0.5, 0.6) is 0 Å². The first-order chi connectivity index (χ1) is 7.56. The van der Waals surface area contributed by atoms with E-state index >= 15 is 0 Å². The number of hydrogen-bond acceptors (Lipinski definition) is 4. The maximum Gasteiger partial charge on any atom is 0.348 e. The van der Waals surface area contributed by atoms with Crippen molar-refractivity contribution in [3.63, 3.8) is 0 Å². The number of imidazole rings is 1. The summed E-state index contributed by atoms with van der Waals surface area (Å²) in [6.07, 6.45) is 4.55. The molecule has 0 amide bonds. The van der Waals surface area contributed by atoms with E-state index in [2.05, 4.69) is 19.9 Å². The third-order valence-corrected chi connectivity index (χ3v) is 2.51. The molecule has 0 atom stereocenters. The van der Waals surface area contributed by atoms with Crippen LogP contribution < -0.4 is 0 Å². The third-order valence-electron chi connectivity index (χ3n) is 1.91. The molecule has 2 heterocycles. The molecule has 0 fully saturated rings. The smallest absolute Gasteiger partial charge is 0.342 e. The van der Waals surface area contributed by atoms with Crippen LogP contribution in [0.2, 0.25) is 0 Å². The van der Waals surface area contributed by atoms with Crippen LogP contribution in [0, 0.1) is 0 Å². The van der Waals surface area contributed by atoms with Crippen LogP contribution in [0.4, 0.5) is 0 Å². The first-order valence-electron chi connectivity index (χ1n) is 4.42. The topological polar surface area (TPSA) is 112 Å². The highest BCUT2D eigenvalue weighted by molar-refractivity contribution is 7.55. The lowest BCUT2D eigenvalue weighted by Gasteiger charge is -1.97. The highest BCUT2D eigenvalue weighted by atomic mass is 31.2. The van der Waals surface area contributed by atoms with Gasteiger partial charge >= 0.3 is 7.60 Å². The van der Waals surface area contributed by atoms with Gasteiger partial charge in [-0.2, -0.15) is 0 Å². The summed E-state index contributed by atoms with van der Waals surface area (Å²) in [5.41, 5.74) is 1.86. The van der Waals surface area contributed by atoms with Crippen molar-refractivity contribution in [2.45, 2.75) is 6.42 Å². The zero-order chi connectivity index (χ0) is 11.6. The van der Waals surface area contributed by atoms with Gasteiger partial charge in [-0.15, -0.1) is 0 Å². The minimum Gasteiger partial charge on any atom is -0.342 e. The lowest BCUT2D eigenvalue weighted by molar-refractivity contribution is 0.386. The lowest BCUT2D eigenvalue weighted by Crippen LogP contribution is -1.91. The molecule has 2 aromatic heterocycles. The van der Waals surface area contributed by atoms with E-state index in [1.165, 1.54) is 18.7 Å². The van der Waals surface area contributed by atoms with E-state index in [1.54, 1.807) is 0 Å². The number of H-pyrrole nitrogens is 1. The Bertz CT molecular complexity index is 573. The van der Waals surface area contributed by atoms with Crippen LogP contribution in [-0.4, -0.2) is 29.7 Å². The molecular weight excluding hydrogens is 231 g/mol. The van der Waals surface area contributed by atoms with Gasteiger partial charge in [-0.1, -0.05) is 6.08 Å². The zero-order valence-electron chi connectivity index (χ0n) is 8.11. The van der Waals surface area contributed by atoms with Gasteiger partial charge in [0.05, 0.1) is 12.0 Å². The van der Waals surface area contributed by atoms with Crippen molar-refractivity contribution < 1.29 is 14.4 Å². The van der Waals surface area contributed by atoms with Gasteiger partial charge in [0.1, 0.15) is 11.8 Å². The number of fused-ring (bicyclic) bond motifs is 1. The van der Waals surface area contributed by atoms with Crippen molar-refractivity contribution in [3.05, 3.63) is 30.2 Å². The molecule has 0 aliphatic heterocycles. The van der Waals surface area contributed by atoms with Crippen LogP contribution in [0.1, 0.15) is 5.69 Å². The Morgan fingerprint density at radius 2 is 2.19 bits per heavy atom. The summed E-state index contributed by atoms with van der Waals surface area (Å²) in [6.45, 7) is 0. The molecular formula is C8H9N4O3P. The minimum atomic E-state index is -4.10. The average molecular weight is 240 g/mol. The summed E-state index contributed by atoms with van der Waals surface area (Å²) < 4.78 is 10.6. The second-order valence-electron chi connectivity index (χ2n) is 3.10. The molecule has 3 N–H and O–H groups in total. The molecule has 0 unspecified atom stereocenters. The Balaban J connectivity index is 2.25. The first kappa shape index (κ1) is 10.9. The fraction of sp³-hybridized carbons (Fsp3) is 0.125. The van der Waals surface area contributed by atoms with Gasteiger partial charge in [-0.25, -0.2) is 15.0 Å². The normalized spacial score (nSPS) is 12.6. The number of nitrogens with one attached hydrogen (secondary N) is 1. The molecule has 0 aliphatic rings. The molecule has 8 heteroatoms. The number of nitrogens with zero attached hydrogens (tertiary/aromatic N) is 3. The Kier molecular flexibility index (Phi) is 2.82. The van der Waals surface area contributed by atoms with Gasteiger partial charge < -0.3 is 14.8 Å². The molecule has 0 radical (unpaired) electrons. The van der Waals surface area contributed by atoms with Crippen molar-refractivity contribution in [2.24, 2.45) is 0 Å². The zero-order valence-corrected chi connectivity index (χ0v) is 9.00. The fourth-order valence-electron chi connectivity index (χ4n) is 1.27. The molecule has 7 nitrogen and oxygen atoms in total. The van der Waals surface area contributed by atoms with Gasteiger partial charge in [0, 0.05) is 12.2 Å². The van der Waals surface area contributed by atoms with Crippen molar-refractivity contribution in [3.8, 4) is 0 Å². The number of aromatic nitrogens is 4. The van der Waals surface area contributed by atoms with Crippen LogP contribution in [0.3, 0.4) is 0 Å². The molecule has 2 rings (SSSR count). The highest BCUT2D eigenvalue weighted by Gasteiger charge is 2.07. The van der Waals surface area contributed by atoms with Crippen LogP contribution in [0.25, 0.3) is 11.2 Å². The minimum absolute atomic E-state index is 0.312. The number of aromatic amines is 1. The molecule has 16 heavy (non-hydrogen) atoms. The SMILES string of the molecule is O=P(O)(O)C=CCc1ncnc2nc[nH]c12. The van der Waals surface area contributed by atoms with E-state index in [4.69, 9.17) is 9.79 Å². The molecule has 0 spiro atoms. The van der Waals surface area contributed by atoms with E-state index in [9.17, 15) is 4.57 Å². The van der Waals surface area contributed by atoms with Crippen molar-refractivity contribution in [1.82, 2.24) is 19.9 Å². The van der Waals surface area contributed by atoms with E-state index in [1.807, 2.05) is 0 Å². The second kappa shape index (κ2) is 4.13. The van der Waals surface area contributed by atoms with Crippen LogP contribution >= 0.6 is 7.60 Å². The fourth-order valence-corrected chi connectivity index (χ4v) is 1.65. The molecule has 0 aromatic carbocycles. The van der Waals surface area contributed by atoms with E-state index < -0.39 is 7.60 Å². The Labute approximate surface area is 90.4 Å². The number of allylic oxidation sites excluding steroid dienone is 1. The second-order valence-corrected chi connectivity index (χ2v) is 4.58. The van der Waals surface area contributed by atoms with Crippen molar-refractivity contribution in [2.75, 3.05) is 0 Å². The first-order valence-corrected chi connectivity index (χ1v) is 6.10. The van der Waals surface area contributed by atoms with Gasteiger partial charge in [-0.3, -0.25) is 4.57 Å². The van der Waals surface area contributed by atoms with Gasteiger partial charge in [-0.05, 0) is 0 Å². The molecule has 0 saturated carbocycles. The summed E-state index contributed by atoms with van der Waals surface area (Å²) in [7, 11) is -4.10. The van der Waals surface area contributed by atoms with E-state index in [0.717, 1.165) is 5.82 Å². The maximum absolute atomic E-state index is 10.6. The van der Waals surface area contributed by atoms with Crippen LogP contribution in [-0.2, 0) is 11.0 Å². The predicted molar refractivity (Wildman–Crippen MR) is 56.6 cm³/mol. The maximum atomic E-state index is 10.6.